The molecule has 7 N–H and O–H groups in total. The van der Waals surface area contributed by atoms with E-state index >= 15 is 0 Å². The standard InChI is InChI=1S/C12H22N4O6S/c1-5(12(21)22)15-11(20)9(6(2)17)16-8(18)3-14-10(19)7(13)4-23/h5-7,9,17,23H,3-4,13H2,1-2H3,(H,14,19)(H,15,20)(H,16,18)(H,21,22). The molecule has 0 saturated heterocycles. The number of aliphatic hydroxyl groups is 1. The molecule has 0 heterocycles. The smallest absolute Gasteiger partial charge is 0.325 e. The fraction of sp³-hybridized carbons (Fsp3) is 0.667. The maximum atomic E-state index is 11.9. The van der Waals surface area contributed by atoms with Gasteiger partial charge in [0.1, 0.15) is 12.1 Å². The summed E-state index contributed by atoms with van der Waals surface area (Å²) in [5.41, 5.74) is 5.40. The molecule has 4 unspecified atom stereocenters. The summed E-state index contributed by atoms with van der Waals surface area (Å²) in [5, 5.41) is 24.8. The van der Waals surface area contributed by atoms with Gasteiger partial charge >= 0.3 is 5.97 Å². The van der Waals surface area contributed by atoms with Crippen molar-refractivity contribution in [3.8, 4) is 0 Å². The highest BCUT2D eigenvalue weighted by Crippen LogP contribution is 1.95. The van der Waals surface area contributed by atoms with E-state index in [0.29, 0.717) is 0 Å². The number of nitrogens with one attached hydrogen (secondary N) is 3. The number of amides is 3. The molecule has 0 aliphatic heterocycles. The van der Waals surface area contributed by atoms with Gasteiger partial charge in [-0.2, -0.15) is 12.6 Å². The lowest BCUT2D eigenvalue weighted by atomic mass is 10.1. The third kappa shape index (κ3) is 7.81. The third-order valence-corrected chi connectivity index (χ3v) is 3.16. The van der Waals surface area contributed by atoms with E-state index in [4.69, 9.17) is 10.8 Å². The summed E-state index contributed by atoms with van der Waals surface area (Å²) in [6.07, 6.45) is -1.27. The fourth-order valence-corrected chi connectivity index (χ4v) is 1.54. The molecule has 0 aliphatic rings. The lowest BCUT2D eigenvalue weighted by Gasteiger charge is -2.22. The van der Waals surface area contributed by atoms with Crippen molar-refractivity contribution in [1.29, 1.82) is 0 Å². The molecule has 0 radical (unpaired) electrons. The zero-order valence-corrected chi connectivity index (χ0v) is 13.7. The van der Waals surface area contributed by atoms with Gasteiger partial charge in [-0.15, -0.1) is 0 Å². The summed E-state index contributed by atoms with van der Waals surface area (Å²) in [5.74, 6) is -3.36. The monoisotopic (exact) mass is 350 g/mol. The van der Waals surface area contributed by atoms with E-state index < -0.39 is 54.5 Å². The summed E-state index contributed by atoms with van der Waals surface area (Å²) in [6, 6.07) is -3.42. The zero-order chi connectivity index (χ0) is 18.2. The number of rotatable bonds is 9. The summed E-state index contributed by atoms with van der Waals surface area (Å²) in [4.78, 5) is 45.6. The van der Waals surface area contributed by atoms with Crippen molar-refractivity contribution in [2.24, 2.45) is 5.73 Å². The molecule has 4 atom stereocenters. The molecule has 132 valence electrons. The van der Waals surface area contributed by atoms with Gasteiger partial charge in [0, 0.05) is 5.75 Å². The molecule has 0 aromatic heterocycles. The Bertz CT molecular complexity index is 459. The third-order valence-electron chi connectivity index (χ3n) is 2.77. The van der Waals surface area contributed by atoms with Crippen LogP contribution in [0.25, 0.3) is 0 Å². The highest BCUT2D eigenvalue weighted by atomic mass is 32.1. The average Bonchev–Trinajstić information content (AvgIpc) is 2.48. The van der Waals surface area contributed by atoms with Crippen LogP contribution in [0.4, 0.5) is 0 Å². The van der Waals surface area contributed by atoms with Crippen molar-refractivity contribution in [1.82, 2.24) is 16.0 Å². The topological polar surface area (TPSA) is 171 Å². The first-order chi connectivity index (χ1) is 10.6. The Morgan fingerprint density at radius 1 is 1.13 bits per heavy atom. The van der Waals surface area contributed by atoms with E-state index in [9.17, 15) is 24.3 Å². The summed E-state index contributed by atoms with van der Waals surface area (Å²) >= 11 is 3.84. The van der Waals surface area contributed by atoms with Crippen LogP contribution >= 0.6 is 12.6 Å². The number of aliphatic carboxylic acids is 1. The molecule has 0 spiro atoms. The summed E-state index contributed by atoms with van der Waals surface area (Å²) in [7, 11) is 0. The first kappa shape index (κ1) is 21.1. The van der Waals surface area contributed by atoms with Gasteiger partial charge in [0.15, 0.2) is 0 Å². The number of thiol groups is 1. The first-order valence-electron chi connectivity index (χ1n) is 6.74. The number of carboxylic acid groups (broad SMARTS) is 1. The molecule has 0 bridgehead atoms. The van der Waals surface area contributed by atoms with E-state index in [-0.39, 0.29) is 5.75 Å². The van der Waals surface area contributed by atoms with Crippen molar-refractivity contribution in [2.75, 3.05) is 12.3 Å². The van der Waals surface area contributed by atoms with Crippen LogP contribution in [-0.2, 0) is 19.2 Å². The van der Waals surface area contributed by atoms with E-state index in [2.05, 4.69) is 28.6 Å². The van der Waals surface area contributed by atoms with Crippen LogP contribution in [0.3, 0.4) is 0 Å². The highest BCUT2D eigenvalue weighted by molar-refractivity contribution is 7.80. The van der Waals surface area contributed by atoms with E-state index in [1.165, 1.54) is 13.8 Å². The van der Waals surface area contributed by atoms with Gasteiger partial charge in [-0.3, -0.25) is 19.2 Å². The van der Waals surface area contributed by atoms with Crippen molar-refractivity contribution >= 4 is 36.3 Å². The molecule has 0 saturated carbocycles. The highest BCUT2D eigenvalue weighted by Gasteiger charge is 2.28. The molecule has 0 aliphatic carbocycles. The van der Waals surface area contributed by atoms with Gasteiger partial charge in [0.2, 0.25) is 17.7 Å². The Morgan fingerprint density at radius 3 is 2.13 bits per heavy atom. The predicted octanol–water partition coefficient (Wildman–Crippen LogP) is -3.19. The Balaban J connectivity index is 4.58. The molecule has 0 fully saturated rings. The van der Waals surface area contributed by atoms with Crippen LogP contribution in [0.5, 0.6) is 0 Å². The normalized spacial score (nSPS) is 15.7. The zero-order valence-electron chi connectivity index (χ0n) is 12.8. The minimum absolute atomic E-state index is 0.0965. The quantitative estimate of drug-likeness (QED) is 0.215. The second-order valence-electron chi connectivity index (χ2n) is 4.86. The number of hydrogen-bond acceptors (Lipinski definition) is 7. The number of nitrogens with two attached hydrogens (primary N) is 1. The van der Waals surface area contributed by atoms with Crippen LogP contribution in [0, 0.1) is 0 Å². The van der Waals surface area contributed by atoms with E-state index in [1.54, 1.807) is 0 Å². The van der Waals surface area contributed by atoms with Crippen LogP contribution in [0.2, 0.25) is 0 Å². The first-order valence-corrected chi connectivity index (χ1v) is 7.38. The molecular formula is C12H22N4O6S. The van der Waals surface area contributed by atoms with Gasteiger partial charge in [0.05, 0.1) is 18.7 Å². The number of hydrogen-bond donors (Lipinski definition) is 7. The van der Waals surface area contributed by atoms with E-state index in [1.807, 2.05) is 0 Å². The van der Waals surface area contributed by atoms with Crippen LogP contribution < -0.4 is 21.7 Å². The molecule has 0 rings (SSSR count). The Labute approximate surface area is 138 Å². The maximum Gasteiger partial charge on any atom is 0.325 e. The Morgan fingerprint density at radius 2 is 1.70 bits per heavy atom. The minimum atomic E-state index is -1.36. The van der Waals surface area contributed by atoms with Crippen molar-refractivity contribution in [3.05, 3.63) is 0 Å². The van der Waals surface area contributed by atoms with Gasteiger partial charge in [-0.25, -0.2) is 0 Å². The molecule has 23 heavy (non-hydrogen) atoms. The van der Waals surface area contributed by atoms with Crippen molar-refractivity contribution < 1.29 is 29.4 Å². The number of aliphatic hydroxyl groups excluding tert-OH is 1. The summed E-state index contributed by atoms with van der Waals surface area (Å²) < 4.78 is 0. The average molecular weight is 350 g/mol. The molecule has 0 aromatic carbocycles. The fourth-order valence-electron chi connectivity index (χ4n) is 1.38. The summed E-state index contributed by atoms with van der Waals surface area (Å²) in [6.45, 7) is 2.04. The van der Waals surface area contributed by atoms with Crippen LogP contribution in [0.1, 0.15) is 13.8 Å². The number of carbonyl (C=O) groups excluding carboxylic acids is 3. The van der Waals surface area contributed by atoms with Crippen LogP contribution in [0.15, 0.2) is 0 Å². The lowest BCUT2D eigenvalue weighted by molar-refractivity contribution is -0.142. The Hall–Kier alpha value is -1.85. The van der Waals surface area contributed by atoms with Gasteiger partial charge < -0.3 is 31.9 Å². The second-order valence-corrected chi connectivity index (χ2v) is 5.23. The van der Waals surface area contributed by atoms with Gasteiger partial charge in [0.25, 0.3) is 0 Å². The molecule has 3 amide bonds. The van der Waals surface area contributed by atoms with Crippen molar-refractivity contribution in [3.63, 3.8) is 0 Å². The maximum absolute atomic E-state index is 11.9. The van der Waals surface area contributed by atoms with Gasteiger partial charge in [-0.05, 0) is 13.8 Å². The largest absolute Gasteiger partial charge is 0.480 e. The number of carbonyl (C=O) groups is 4. The minimum Gasteiger partial charge on any atom is -0.480 e. The Kier molecular flexibility index (Phi) is 9.22. The van der Waals surface area contributed by atoms with Gasteiger partial charge in [-0.1, -0.05) is 0 Å². The predicted molar refractivity (Wildman–Crippen MR) is 83.7 cm³/mol. The van der Waals surface area contributed by atoms with Crippen LogP contribution in [-0.4, -0.2) is 70.4 Å². The number of carboxylic acids is 1. The second kappa shape index (κ2) is 10.0. The molecular weight excluding hydrogens is 328 g/mol. The lowest BCUT2D eigenvalue weighted by Crippen LogP contribution is -2.57. The molecule has 11 heteroatoms. The van der Waals surface area contributed by atoms with Crippen molar-refractivity contribution in [2.45, 2.75) is 38.1 Å². The van der Waals surface area contributed by atoms with E-state index in [0.717, 1.165) is 0 Å². The SMILES string of the molecule is CC(NC(=O)C(NC(=O)CNC(=O)C(N)CS)C(C)O)C(=O)O. The molecule has 10 nitrogen and oxygen atoms in total. The molecule has 0 aromatic rings.